The SMILES string of the molecule is C=COCC1CN(C(=O)OC(C)(C)C)C1. The van der Waals surface area contributed by atoms with E-state index in [1.165, 1.54) is 6.26 Å². The number of rotatable bonds is 3. The van der Waals surface area contributed by atoms with E-state index in [1.54, 1.807) is 4.90 Å². The molecule has 0 aliphatic carbocycles. The summed E-state index contributed by atoms with van der Waals surface area (Å²) < 4.78 is 10.3. The standard InChI is InChI=1S/C11H19NO3/c1-5-14-8-9-6-12(7-9)10(13)15-11(2,3)4/h5,9H,1,6-8H2,2-4H3. The third kappa shape index (κ3) is 3.81. The molecule has 0 radical (unpaired) electrons. The van der Waals surface area contributed by atoms with Gasteiger partial charge >= 0.3 is 6.09 Å². The molecule has 1 saturated heterocycles. The Bertz CT molecular complexity index is 239. The molecule has 0 N–H and O–H groups in total. The van der Waals surface area contributed by atoms with Gasteiger partial charge in [0.15, 0.2) is 0 Å². The fourth-order valence-electron chi connectivity index (χ4n) is 1.35. The molecule has 1 aliphatic rings. The fraction of sp³-hybridized carbons (Fsp3) is 0.727. The smallest absolute Gasteiger partial charge is 0.410 e. The largest absolute Gasteiger partial charge is 0.501 e. The second-order valence-electron chi connectivity index (χ2n) is 4.75. The molecule has 0 aromatic heterocycles. The molecule has 0 atom stereocenters. The van der Waals surface area contributed by atoms with Crippen LogP contribution < -0.4 is 0 Å². The van der Waals surface area contributed by atoms with Gasteiger partial charge in [-0.15, -0.1) is 0 Å². The van der Waals surface area contributed by atoms with Gasteiger partial charge in [0, 0.05) is 19.0 Å². The van der Waals surface area contributed by atoms with E-state index in [0.717, 1.165) is 0 Å². The van der Waals surface area contributed by atoms with Crippen LogP contribution in [0.15, 0.2) is 12.8 Å². The molecule has 1 aliphatic heterocycles. The molecule has 0 aromatic carbocycles. The van der Waals surface area contributed by atoms with Crippen molar-refractivity contribution < 1.29 is 14.3 Å². The number of carbonyl (C=O) groups excluding carboxylic acids is 1. The van der Waals surface area contributed by atoms with Gasteiger partial charge in [-0.25, -0.2) is 4.79 Å². The fourth-order valence-corrected chi connectivity index (χ4v) is 1.35. The highest BCUT2D eigenvalue weighted by Gasteiger charge is 2.33. The molecule has 0 unspecified atom stereocenters. The second-order valence-corrected chi connectivity index (χ2v) is 4.75. The molecule has 1 amide bonds. The molecule has 1 rings (SSSR count). The van der Waals surface area contributed by atoms with E-state index in [-0.39, 0.29) is 6.09 Å². The number of hydrogen-bond acceptors (Lipinski definition) is 3. The molecular weight excluding hydrogens is 194 g/mol. The Hall–Kier alpha value is -1.19. The molecular formula is C11H19NO3. The van der Waals surface area contributed by atoms with Crippen LogP contribution in [0.25, 0.3) is 0 Å². The number of amides is 1. The Kier molecular flexibility index (Phi) is 3.61. The summed E-state index contributed by atoms with van der Waals surface area (Å²) in [5, 5.41) is 0. The lowest BCUT2D eigenvalue weighted by atomic mass is 10.0. The van der Waals surface area contributed by atoms with Crippen LogP contribution in [0.3, 0.4) is 0 Å². The van der Waals surface area contributed by atoms with Gasteiger partial charge in [0.1, 0.15) is 5.60 Å². The summed E-state index contributed by atoms with van der Waals surface area (Å²) in [6, 6.07) is 0. The van der Waals surface area contributed by atoms with E-state index in [9.17, 15) is 4.79 Å². The maximum absolute atomic E-state index is 11.5. The summed E-state index contributed by atoms with van der Waals surface area (Å²) in [5.74, 6) is 0.413. The summed E-state index contributed by atoms with van der Waals surface area (Å²) in [7, 11) is 0. The third-order valence-corrected chi connectivity index (χ3v) is 2.06. The van der Waals surface area contributed by atoms with E-state index in [2.05, 4.69) is 6.58 Å². The topological polar surface area (TPSA) is 38.8 Å². The van der Waals surface area contributed by atoms with E-state index in [1.807, 2.05) is 20.8 Å². The van der Waals surface area contributed by atoms with Crippen molar-refractivity contribution in [3.05, 3.63) is 12.8 Å². The molecule has 0 bridgehead atoms. The van der Waals surface area contributed by atoms with Crippen LogP contribution in [-0.2, 0) is 9.47 Å². The lowest BCUT2D eigenvalue weighted by Gasteiger charge is -2.39. The Morgan fingerprint density at radius 2 is 2.13 bits per heavy atom. The van der Waals surface area contributed by atoms with Gasteiger partial charge in [-0.05, 0) is 20.8 Å². The number of likely N-dealkylation sites (tertiary alicyclic amines) is 1. The predicted molar refractivity (Wildman–Crippen MR) is 57.4 cm³/mol. The minimum Gasteiger partial charge on any atom is -0.501 e. The number of nitrogens with zero attached hydrogens (tertiary/aromatic N) is 1. The zero-order valence-electron chi connectivity index (χ0n) is 9.66. The van der Waals surface area contributed by atoms with Crippen molar-refractivity contribution in [1.82, 2.24) is 4.90 Å². The number of carbonyl (C=O) groups is 1. The van der Waals surface area contributed by atoms with Crippen molar-refractivity contribution in [2.45, 2.75) is 26.4 Å². The molecule has 0 spiro atoms. The van der Waals surface area contributed by atoms with Gasteiger partial charge in [-0.3, -0.25) is 0 Å². The number of ether oxygens (including phenoxy) is 2. The van der Waals surface area contributed by atoms with Crippen LogP contribution in [0.4, 0.5) is 4.79 Å². The van der Waals surface area contributed by atoms with Crippen molar-refractivity contribution >= 4 is 6.09 Å². The quantitative estimate of drug-likeness (QED) is 0.673. The van der Waals surface area contributed by atoms with Crippen LogP contribution >= 0.6 is 0 Å². The summed E-state index contributed by atoms with van der Waals surface area (Å²) in [6.07, 6.45) is 1.19. The second kappa shape index (κ2) is 4.55. The first-order chi connectivity index (χ1) is 6.92. The van der Waals surface area contributed by atoms with Crippen molar-refractivity contribution in [2.75, 3.05) is 19.7 Å². The highest BCUT2D eigenvalue weighted by atomic mass is 16.6. The average molecular weight is 213 g/mol. The van der Waals surface area contributed by atoms with Crippen LogP contribution in [0.1, 0.15) is 20.8 Å². The molecule has 4 heteroatoms. The monoisotopic (exact) mass is 213 g/mol. The van der Waals surface area contributed by atoms with Gasteiger partial charge < -0.3 is 14.4 Å². The molecule has 4 nitrogen and oxygen atoms in total. The normalized spacial score (nSPS) is 16.9. The summed E-state index contributed by atoms with van der Waals surface area (Å²) in [6.45, 7) is 11.1. The number of hydrogen-bond donors (Lipinski definition) is 0. The summed E-state index contributed by atoms with van der Waals surface area (Å²) in [5.41, 5.74) is -0.417. The van der Waals surface area contributed by atoms with Crippen LogP contribution in [-0.4, -0.2) is 36.3 Å². The molecule has 0 aromatic rings. The van der Waals surface area contributed by atoms with Crippen molar-refractivity contribution in [2.24, 2.45) is 5.92 Å². The summed E-state index contributed by atoms with van der Waals surface area (Å²) in [4.78, 5) is 13.2. The summed E-state index contributed by atoms with van der Waals surface area (Å²) >= 11 is 0. The van der Waals surface area contributed by atoms with Gasteiger partial charge in [-0.2, -0.15) is 0 Å². The minimum atomic E-state index is -0.417. The Morgan fingerprint density at radius 3 is 2.60 bits per heavy atom. The van der Waals surface area contributed by atoms with Crippen LogP contribution in [0, 0.1) is 5.92 Å². The Balaban J connectivity index is 2.21. The van der Waals surface area contributed by atoms with Crippen molar-refractivity contribution in [1.29, 1.82) is 0 Å². The zero-order valence-corrected chi connectivity index (χ0v) is 9.66. The van der Waals surface area contributed by atoms with Crippen LogP contribution in [0.5, 0.6) is 0 Å². The van der Waals surface area contributed by atoms with Gasteiger partial charge in [0.05, 0.1) is 12.9 Å². The zero-order chi connectivity index (χ0) is 11.5. The van der Waals surface area contributed by atoms with Gasteiger partial charge in [0.2, 0.25) is 0 Å². The highest BCUT2D eigenvalue weighted by Crippen LogP contribution is 2.19. The lowest BCUT2D eigenvalue weighted by molar-refractivity contribution is -0.0111. The van der Waals surface area contributed by atoms with E-state index in [4.69, 9.17) is 9.47 Å². The maximum Gasteiger partial charge on any atom is 0.410 e. The molecule has 15 heavy (non-hydrogen) atoms. The van der Waals surface area contributed by atoms with Crippen molar-refractivity contribution in [3.8, 4) is 0 Å². The maximum atomic E-state index is 11.5. The van der Waals surface area contributed by atoms with E-state index in [0.29, 0.717) is 25.6 Å². The van der Waals surface area contributed by atoms with Gasteiger partial charge in [0.25, 0.3) is 0 Å². The average Bonchev–Trinajstić information content (AvgIpc) is 1.98. The molecule has 1 fully saturated rings. The van der Waals surface area contributed by atoms with E-state index >= 15 is 0 Å². The first-order valence-corrected chi connectivity index (χ1v) is 5.13. The first kappa shape index (κ1) is 11.9. The third-order valence-electron chi connectivity index (χ3n) is 2.06. The Labute approximate surface area is 90.8 Å². The van der Waals surface area contributed by atoms with Gasteiger partial charge in [-0.1, -0.05) is 6.58 Å². The Morgan fingerprint density at radius 1 is 1.53 bits per heavy atom. The molecule has 0 saturated carbocycles. The predicted octanol–water partition coefficient (Wildman–Crippen LogP) is 2.01. The van der Waals surface area contributed by atoms with Crippen molar-refractivity contribution in [3.63, 3.8) is 0 Å². The van der Waals surface area contributed by atoms with E-state index < -0.39 is 5.60 Å². The first-order valence-electron chi connectivity index (χ1n) is 5.13. The lowest BCUT2D eigenvalue weighted by Crippen LogP contribution is -2.52. The highest BCUT2D eigenvalue weighted by molar-refractivity contribution is 5.69. The van der Waals surface area contributed by atoms with Crippen LogP contribution in [0.2, 0.25) is 0 Å². The molecule has 86 valence electrons. The molecule has 1 heterocycles. The minimum absolute atomic E-state index is 0.239.